The number of rotatable bonds is 6. The summed E-state index contributed by atoms with van der Waals surface area (Å²) < 4.78 is 57.8. The Morgan fingerprint density at radius 3 is 2.42 bits per heavy atom. The number of amides is 3. The summed E-state index contributed by atoms with van der Waals surface area (Å²) in [4.78, 5) is 24.8. The molecule has 2 rings (SSSR count). The van der Waals surface area contributed by atoms with Gasteiger partial charge in [-0.1, -0.05) is 23.7 Å². The van der Waals surface area contributed by atoms with Gasteiger partial charge in [-0.25, -0.2) is 9.18 Å². The summed E-state index contributed by atoms with van der Waals surface area (Å²) in [5.74, 6) is -2.04. The molecule has 33 heavy (non-hydrogen) atoms. The van der Waals surface area contributed by atoms with Gasteiger partial charge in [0.15, 0.2) is 0 Å². The molecule has 3 N–H and O–H groups in total. The number of anilines is 1. The van der Waals surface area contributed by atoms with Gasteiger partial charge in [-0.3, -0.25) is 15.6 Å². The number of benzene rings is 2. The number of likely N-dealkylation sites (N-methyl/N-ethyl adjacent to an activating group) is 1. The molecule has 0 aliphatic carbocycles. The molecule has 0 spiro atoms. The van der Waals surface area contributed by atoms with Crippen LogP contribution in [0.2, 0.25) is 5.02 Å². The van der Waals surface area contributed by atoms with E-state index in [1.807, 2.05) is 16.9 Å². The van der Waals surface area contributed by atoms with Crippen LogP contribution in [0, 0.1) is 17.1 Å². The van der Waals surface area contributed by atoms with Gasteiger partial charge >= 0.3 is 12.2 Å². The Balaban J connectivity index is 2.19. The largest absolute Gasteiger partial charge is 0.454 e. The number of para-hydroxylation sites is 1. The standard InChI is InChI=1S/C20H16ClF4N5O3/c1-30(2)18(31)15(9-20(23,24)25)28-29-19(32)27-14-8-17(12(21)7-13(14)22)33-16-6-4-3-5-11(16)10-26/h3-9,28H,1-2H3,(H2,27,29,32)/b15-9-. The number of nitriles is 1. The number of carbonyl (C=O) groups excluding carboxylic acids is 2. The van der Waals surface area contributed by atoms with E-state index < -0.39 is 35.3 Å². The Hall–Kier alpha value is -3.98. The number of halogens is 5. The van der Waals surface area contributed by atoms with Gasteiger partial charge in [0.25, 0.3) is 5.91 Å². The third kappa shape index (κ3) is 7.29. The molecule has 2 aromatic carbocycles. The van der Waals surface area contributed by atoms with Gasteiger partial charge in [0, 0.05) is 26.2 Å². The van der Waals surface area contributed by atoms with Crippen molar-refractivity contribution < 1.29 is 31.9 Å². The second-order valence-electron chi connectivity index (χ2n) is 6.48. The van der Waals surface area contributed by atoms with Crippen molar-refractivity contribution in [2.75, 3.05) is 19.4 Å². The van der Waals surface area contributed by atoms with Crippen LogP contribution < -0.4 is 20.9 Å². The number of nitrogens with zero attached hydrogens (tertiary/aromatic N) is 2. The number of ether oxygens (including phenoxy) is 1. The van der Waals surface area contributed by atoms with Crippen molar-refractivity contribution in [3.63, 3.8) is 0 Å². The lowest BCUT2D eigenvalue weighted by atomic mass is 10.2. The van der Waals surface area contributed by atoms with E-state index in [1.54, 1.807) is 12.1 Å². The predicted molar refractivity (Wildman–Crippen MR) is 111 cm³/mol. The molecule has 0 saturated heterocycles. The molecule has 0 heterocycles. The quantitative estimate of drug-likeness (QED) is 0.321. The van der Waals surface area contributed by atoms with Crippen LogP contribution in [0.1, 0.15) is 5.56 Å². The molecule has 0 fully saturated rings. The zero-order valence-corrected chi connectivity index (χ0v) is 17.8. The van der Waals surface area contributed by atoms with E-state index in [2.05, 4.69) is 5.32 Å². The Labute approximate surface area is 190 Å². The van der Waals surface area contributed by atoms with Crippen LogP contribution in [-0.2, 0) is 4.79 Å². The first kappa shape index (κ1) is 25.3. The Bertz CT molecular complexity index is 1130. The average Bonchev–Trinajstić information content (AvgIpc) is 2.73. The number of nitrogens with one attached hydrogen (secondary N) is 3. The topological polar surface area (TPSA) is 106 Å². The lowest BCUT2D eigenvalue weighted by molar-refractivity contribution is -0.126. The van der Waals surface area contributed by atoms with Gasteiger partial charge in [0.2, 0.25) is 0 Å². The number of alkyl halides is 3. The molecule has 13 heteroatoms. The fourth-order valence-corrected chi connectivity index (χ4v) is 2.49. The average molecular weight is 486 g/mol. The maximum atomic E-state index is 14.3. The van der Waals surface area contributed by atoms with Gasteiger partial charge < -0.3 is 15.0 Å². The molecule has 0 unspecified atom stereocenters. The van der Waals surface area contributed by atoms with Crippen LogP contribution in [0.25, 0.3) is 0 Å². The van der Waals surface area contributed by atoms with Crippen molar-refractivity contribution in [3.05, 3.63) is 64.6 Å². The molecule has 0 aliphatic heterocycles. The molecule has 0 bridgehead atoms. The summed E-state index contributed by atoms with van der Waals surface area (Å²) in [5, 5.41) is 11.0. The fraction of sp³-hybridized carbons (Fsp3) is 0.150. The normalized spacial score (nSPS) is 11.3. The second-order valence-corrected chi connectivity index (χ2v) is 6.88. The molecule has 0 aromatic heterocycles. The molecular formula is C20H16ClF4N5O3. The van der Waals surface area contributed by atoms with Crippen LogP contribution in [0.4, 0.5) is 28.0 Å². The van der Waals surface area contributed by atoms with E-state index >= 15 is 0 Å². The van der Waals surface area contributed by atoms with Gasteiger partial charge in [-0.05, 0) is 18.2 Å². The number of urea groups is 1. The van der Waals surface area contributed by atoms with Crippen molar-refractivity contribution in [3.8, 4) is 17.6 Å². The fourth-order valence-electron chi connectivity index (χ4n) is 2.30. The number of allylic oxidation sites excluding steroid dienone is 1. The number of hydrazine groups is 1. The first-order valence-corrected chi connectivity index (χ1v) is 9.29. The Kier molecular flexibility index (Phi) is 8.09. The summed E-state index contributed by atoms with van der Waals surface area (Å²) in [6, 6.07) is 8.70. The predicted octanol–water partition coefficient (Wildman–Crippen LogP) is 4.30. The zero-order valence-electron chi connectivity index (χ0n) is 17.1. The smallest absolute Gasteiger partial charge is 0.411 e. The SMILES string of the molecule is CN(C)C(=O)/C(=C/C(F)(F)F)NNC(=O)Nc1cc(Oc2ccccc2C#N)c(Cl)cc1F. The molecule has 2 aromatic rings. The van der Waals surface area contributed by atoms with E-state index in [4.69, 9.17) is 21.6 Å². The first-order valence-electron chi connectivity index (χ1n) is 8.91. The van der Waals surface area contributed by atoms with E-state index in [0.29, 0.717) is 0 Å². The highest BCUT2D eigenvalue weighted by atomic mass is 35.5. The molecule has 0 atom stereocenters. The molecule has 8 nitrogen and oxygen atoms in total. The van der Waals surface area contributed by atoms with Crippen molar-refractivity contribution in [2.24, 2.45) is 0 Å². The van der Waals surface area contributed by atoms with E-state index in [1.165, 1.54) is 26.2 Å². The summed E-state index contributed by atoms with van der Waals surface area (Å²) in [6.07, 6.45) is -5.18. The lowest BCUT2D eigenvalue weighted by Crippen LogP contribution is -2.44. The highest BCUT2D eigenvalue weighted by Gasteiger charge is 2.28. The summed E-state index contributed by atoms with van der Waals surface area (Å²) in [7, 11) is 2.42. The number of carbonyl (C=O) groups is 2. The maximum Gasteiger partial charge on any atom is 0.411 e. The van der Waals surface area contributed by atoms with Gasteiger partial charge in [0.1, 0.15) is 29.1 Å². The van der Waals surface area contributed by atoms with E-state index in [9.17, 15) is 27.2 Å². The third-order valence-corrected chi connectivity index (χ3v) is 4.05. The summed E-state index contributed by atoms with van der Waals surface area (Å²) >= 11 is 5.97. The summed E-state index contributed by atoms with van der Waals surface area (Å²) in [5.41, 5.74) is 2.42. The monoisotopic (exact) mass is 485 g/mol. The van der Waals surface area contributed by atoms with Crippen LogP contribution in [-0.4, -0.2) is 37.1 Å². The minimum atomic E-state index is -4.85. The summed E-state index contributed by atoms with van der Waals surface area (Å²) in [6.45, 7) is 0. The van der Waals surface area contributed by atoms with Gasteiger partial charge in [-0.15, -0.1) is 0 Å². The van der Waals surface area contributed by atoms with Crippen molar-refractivity contribution in [2.45, 2.75) is 6.18 Å². The second kappa shape index (κ2) is 10.6. The number of hydrogen-bond acceptors (Lipinski definition) is 5. The van der Waals surface area contributed by atoms with E-state index in [0.717, 1.165) is 17.0 Å². The third-order valence-electron chi connectivity index (χ3n) is 3.75. The van der Waals surface area contributed by atoms with Crippen molar-refractivity contribution in [1.29, 1.82) is 5.26 Å². The zero-order chi connectivity index (χ0) is 24.8. The number of hydrogen-bond donors (Lipinski definition) is 3. The molecular weight excluding hydrogens is 470 g/mol. The van der Waals surface area contributed by atoms with E-state index in [-0.39, 0.29) is 28.2 Å². The molecule has 0 radical (unpaired) electrons. The molecule has 3 amide bonds. The molecule has 0 aliphatic rings. The van der Waals surface area contributed by atoms with Crippen molar-refractivity contribution in [1.82, 2.24) is 15.8 Å². The van der Waals surface area contributed by atoms with Crippen LogP contribution in [0.15, 0.2) is 48.2 Å². The minimum Gasteiger partial charge on any atom is -0.454 e. The first-order chi connectivity index (χ1) is 15.4. The minimum absolute atomic E-state index is 0.107. The molecule has 0 saturated carbocycles. The highest BCUT2D eigenvalue weighted by molar-refractivity contribution is 6.32. The maximum absolute atomic E-state index is 14.3. The van der Waals surface area contributed by atoms with Gasteiger partial charge in [-0.2, -0.15) is 18.4 Å². The van der Waals surface area contributed by atoms with Crippen LogP contribution >= 0.6 is 11.6 Å². The Morgan fingerprint density at radius 2 is 1.82 bits per heavy atom. The van der Waals surface area contributed by atoms with Crippen LogP contribution in [0.5, 0.6) is 11.5 Å². The van der Waals surface area contributed by atoms with Crippen LogP contribution in [0.3, 0.4) is 0 Å². The van der Waals surface area contributed by atoms with Gasteiger partial charge in [0.05, 0.1) is 16.3 Å². The van der Waals surface area contributed by atoms with Crippen molar-refractivity contribution >= 4 is 29.2 Å². The highest BCUT2D eigenvalue weighted by Crippen LogP contribution is 2.35. The molecule has 174 valence electrons. The lowest BCUT2D eigenvalue weighted by Gasteiger charge is -2.17. The Morgan fingerprint density at radius 1 is 1.15 bits per heavy atom.